The SMILES string of the molecule is CCOc1ccc(Br)cc1/C=N/NC(=O)COc1cccc2ccccc12. The molecule has 3 aromatic carbocycles. The standard InChI is InChI=1S/C21H19BrN2O3/c1-2-26-19-11-10-17(22)12-16(19)13-23-24-21(25)14-27-20-9-5-7-15-6-3-4-8-18(15)20/h3-13H,2,14H2,1H3,(H,24,25)/b23-13+. The number of amides is 1. The molecule has 5 nitrogen and oxygen atoms in total. The fraction of sp³-hybridized carbons (Fsp3) is 0.143. The van der Waals surface area contributed by atoms with Gasteiger partial charge in [0.2, 0.25) is 0 Å². The van der Waals surface area contributed by atoms with Gasteiger partial charge in [-0.05, 0) is 36.6 Å². The lowest BCUT2D eigenvalue weighted by Gasteiger charge is -2.09. The van der Waals surface area contributed by atoms with Crippen LogP contribution in [0.5, 0.6) is 11.5 Å². The number of fused-ring (bicyclic) bond motifs is 1. The number of nitrogens with one attached hydrogen (secondary N) is 1. The average Bonchev–Trinajstić information content (AvgIpc) is 2.68. The first-order chi connectivity index (χ1) is 13.2. The van der Waals surface area contributed by atoms with E-state index in [0.717, 1.165) is 20.8 Å². The molecule has 0 aliphatic rings. The number of carbonyl (C=O) groups is 1. The molecule has 0 unspecified atom stereocenters. The number of ether oxygens (including phenoxy) is 2. The van der Waals surface area contributed by atoms with Crippen molar-refractivity contribution in [3.05, 3.63) is 70.7 Å². The monoisotopic (exact) mass is 426 g/mol. The van der Waals surface area contributed by atoms with Crippen molar-refractivity contribution >= 4 is 38.8 Å². The highest BCUT2D eigenvalue weighted by Crippen LogP contribution is 2.25. The molecule has 3 aromatic rings. The number of hydrazone groups is 1. The quantitative estimate of drug-likeness (QED) is 0.445. The fourth-order valence-corrected chi connectivity index (χ4v) is 2.96. The summed E-state index contributed by atoms with van der Waals surface area (Å²) >= 11 is 3.41. The van der Waals surface area contributed by atoms with Gasteiger partial charge in [-0.3, -0.25) is 4.79 Å². The summed E-state index contributed by atoms with van der Waals surface area (Å²) in [6, 6.07) is 19.2. The molecule has 0 aliphatic carbocycles. The number of carbonyl (C=O) groups excluding carboxylic acids is 1. The first-order valence-electron chi connectivity index (χ1n) is 8.52. The molecule has 27 heavy (non-hydrogen) atoms. The van der Waals surface area contributed by atoms with Gasteiger partial charge in [0.05, 0.1) is 12.8 Å². The van der Waals surface area contributed by atoms with E-state index in [1.54, 1.807) is 6.21 Å². The summed E-state index contributed by atoms with van der Waals surface area (Å²) in [5, 5.41) is 6.02. The van der Waals surface area contributed by atoms with E-state index >= 15 is 0 Å². The average molecular weight is 427 g/mol. The van der Waals surface area contributed by atoms with E-state index < -0.39 is 0 Å². The third-order valence-electron chi connectivity index (χ3n) is 3.77. The van der Waals surface area contributed by atoms with Crippen LogP contribution < -0.4 is 14.9 Å². The Hall–Kier alpha value is -2.86. The van der Waals surface area contributed by atoms with Crippen molar-refractivity contribution in [2.24, 2.45) is 5.10 Å². The molecule has 0 fully saturated rings. The molecule has 0 aliphatic heterocycles. The van der Waals surface area contributed by atoms with Gasteiger partial charge in [0.25, 0.3) is 5.91 Å². The summed E-state index contributed by atoms with van der Waals surface area (Å²) in [6.07, 6.45) is 1.55. The van der Waals surface area contributed by atoms with Gasteiger partial charge in [-0.1, -0.05) is 52.3 Å². The zero-order chi connectivity index (χ0) is 19.1. The lowest BCUT2D eigenvalue weighted by molar-refractivity contribution is -0.123. The highest BCUT2D eigenvalue weighted by atomic mass is 79.9. The Bertz CT molecular complexity index is 967. The Balaban J connectivity index is 1.60. The van der Waals surface area contributed by atoms with Gasteiger partial charge in [-0.15, -0.1) is 0 Å². The van der Waals surface area contributed by atoms with E-state index in [2.05, 4.69) is 26.5 Å². The van der Waals surface area contributed by atoms with Gasteiger partial charge >= 0.3 is 0 Å². The Kier molecular flexibility index (Phi) is 6.44. The number of hydrogen-bond donors (Lipinski definition) is 1. The molecule has 138 valence electrons. The van der Waals surface area contributed by atoms with Gasteiger partial charge in [-0.2, -0.15) is 5.10 Å². The molecule has 6 heteroatoms. The van der Waals surface area contributed by atoms with E-state index in [1.807, 2.05) is 67.6 Å². The number of hydrogen-bond acceptors (Lipinski definition) is 4. The van der Waals surface area contributed by atoms with Gasteiger partial charge in [0.15, 0.2) is 6.61 Å². The normalized spacial score (nSPS) is 10.9. The summed E-state index contributed by atoms with van der Waals surface area (Å²) in [4.78, 5) is 12.0. The van der Waals surface area contributed by atoms with Crippen LogP contribution in [-0.4, -0.2) is 25.3 Å². The van der Waals surface area contributed by atoms with E-state index in [-0.39, 0.29) is 12.5 Å². The van der Waals surface area contributed by atoms with Gasteiger partial charge in [-0.25, -0.2) is 5.43 Å². The van der Waals surface area contributed by atoms with Crippen LogP contribution in [0.3, 0.4) is 0 Å². The number of rotatable bonds is 7. The summed E-state index contributed by atoms with van der Waals surface area (Å²) < 4.78 is 12.1. The minimum Gasteiger partial charge on any atom is -0.493 e. The molecule has 1 amide bonds. The second-order valence-electron chi connectivity index (χ2n) is 5.67. The molecule has 0 spiro atoms. The first-order valence-corrected chi connectivity index (χ1v) is 9.31. The highest BCUT2D eigenvalue weighted by molar-refractivity contribution is 9.10. The largest absolute Gasteiger partial charge is 0.493 e. The van der Waals surface area contributed by atoms with E-state index in [9.17, 15) is 4.79 Å². The van der Waals surface area contributed by atoms with Crippen molar-refractivity contribution in [1.82, 2.24) is 5.43 Å². The number of benzene rings is 3. The molecular weight excluding hydrogens is 408 g/mol. The van der Waals surface area contributed by atoms with Crippen LogP contribution >= 0.6 is 15.9 Å². The molecule has 1 N–H and O–H groups in total. The molecule has 3 rings (SSSR count). The minimum absolute atomic E-state index is 0.123. The second-order valence-corrected chi connectivity index (χ2v) is 6.59. The summed E-state index contributed by atoms with van der Waals surface area (Å²) in [6.45, 7) is 2.34. The minimum atomic E-state index is -0.341. The smallest absolute Gasteiger partial charge is 0.277 e. The fourth-order valence-electron chi connectivity index (χ4n) is 2.58. The lowest BCUT2D eigenvalue weighted by Crippen LogP contribution is -2.24. The van der Waals surface area contributed by atoms with E-state index in [4.69, 9.17) is 9.47 Å². The van der Waals surface area contributed by atoms with Gasteiger partial charge in [0.1, 0.15) is 11.5 Å². The van der Waals surface area contributed by atoms with Gasteiger partial charge in [0, 0.05) is 15.4 Å². The summed E-state index contributed by atoms with van der Waals surface area (Å²) in [7, 11) is 0. The molecular formula is C21H19BrN2O3. The maximum Gasteiger partial charge on any atom is 0.277 e. The maximum absolute atomic E-state index is 12.0. The molecule has 0 aromatic heterocycles. The molecule has 0 radical (unpaired) electrons. The van der Waals surface area contributed by atoms with Crippen LogP contribution in [0.25, 0.3) is 10.8 Å². The lowest BCUT2D eigenvalue weighted by atomic mass is 10.1. The molecule has 0 heterocycles. The molecule has 0 atom stereocenters. The van der Waals surface area contributed by atoms with E-state index in [0.29, 0.717) is 18.1 Å². The third-order valence-corrected chi connectivity index (χ3v) is 4.27. The van der Waals surface area contributed by atoms with Crippen LogP contribution in [0.1, 0.15) is 12.5 Å². The van der Waals surface area contributed by atoms with Crippen molar-refractivity contribution in [2.75, 3.05) is 13.2 Å². The summed E-state index contributed by atoms with van der Waals surface area (Å²) in [5.74, 6) is 1.02. The van der Waals surface area contributed by atoms with E-state index in [1.165, 1.54) is 0 Å². The highest BCUT2D eigenvalue weighted by Gasteiger charge is 2.06. The van der Waals surface area contributed by atoms with Crippen LogP contribution in [0.15, 0.2) is 70.2 Å². The van der Waals surface area contributed by atoms with Crippen molar-refractivity contribution < 1.29 is 14.3 Å². The van der Waals surface area contributed by atoms with Crippen molar-refractivity contribution in [3.63, 3.8) is 0 Å². The predicted molar refractivity (Wildman–Crippen MR) is 110 cm³/mol. The summed E-state index contributed by atoms with van der Waals surface area (Å²) in [5.41, 5.74) is 3.24. The Labute approximate surface area is 166 Å². The van der Waals surface area contributed by atoms with Crippen LogP contribution in [-0.2, 0) is 4.79 Å². The maximum atomic E-state index is 12.0. The molecule has 0 saturated heterocycles. The third kappa shape index (κ3) is 5.08. The van der Waals surface area contributed by atoms with Gasteiger partial charge < -0.3 is 9.47 Å². The van der Waals surface area contributed by atoms with Crippen LogP contribution in [0.4, 0.5) is 0 Å². The Morgan fingerprint density at radius 3 is 2.74 bits per heavy atom. The number of halogens is 1. The Morgan fingerprint density at radius 1 is 1.07 bits per heavy atom. The second kappa shape index (κ2) is 9.19. The Morgan fingerprint density at radius 2 is 1.89 bits per heavy atom. The predicted octanol–water partition coefficient (Wildman–Crippen LogP) is 4.53. The molecule has 0 bridgehead atoms. The van der Waals surface area contributed by atoms with Crippen molar-refractivity contribution in [3.8, 4) is 11.5 Å². The van der Waals surface area contributed by atoms with Crippen LogP contribution in [0.2, 0.25) is 0 Å². The van der Waals surface area contributed by atoms with Crippen LogP contribution in [0, 0.1) is 0 Å². The number of nitrogens with zero attached hydrogens (tertiary/aromatic N) is 1. The molecule has 0 saturated carbocycles. The van der Waals surface area contributed by atoms with Crippen molar-refractivity contribution in [1.29, 1.82) is 0 Å². The zero-order valence-electron chi connectivity index (χ0n) is 14.8. The zero-order valence-corrected chi connectivity index (χ0v) is 16.4. The van der Waals surface area contributed by atoms with Crippen molar-refractivity contribution in [2.45, 2.75) is 6.92 Å². The topological polar surface area (TPSA) is 59.9 Å². The first kappa shape index (κ1) is 18.9.